The molecule has 0 aliphatic rings. The Morgan fingerprint density at radius 3 is 2.61 bits per heavy atom. The molecule has 1 atom stereocenters. The van der Waals surface area contributed by atoms with Gasteiger partial charge in [-0.2, -0.15) is 0 Å². The van der Waals surface area contributed by atoms with Crippen molar-refractivity contribution in [3.05, 3.63) is 29.3 Å². The zero-order chi connectivity index (χ0) is 13.2. The number of benzene rings is 1. The minimum absolute atomic E-state index is 0.405. The standard InChI is InChI=1S/C14H22ClNOS/c1-3-9-17-10-13(16-4-2)11-18-14-7-5-12(15)6-8-14/h5-8,13,16H,3-4,9-11H2,1-2H3. The van der Waals surface area contributed by atoms with Gasteiger partial charge in [-0.1, -0.05) is 25.4 Å². The lowest BCUT2D eigenvalue weighted by Crippen LogP contribution is -2.35. The fraction of sp³-hybridized carbons (Fsp3) is 0.571. The molecule has 2 nitrogen and oxygen atoms in total. The minimum atomic E-state index is 0.405. The zero-order valence-electron chi connectivity index (χ0n) is 11.1. The largest absolute Gasteiger partial charge is 0.380 e. The maximum absolute atomic E-state index is 5.87. The van der Waals surface area contributed by atoms with Crippen molar-refractivity contribution >= 4 is 23.4 Å². The molecule has 18 heavy (non-hydrogen) atoms. The molecule has 4 heteroatoms. The normalized spacial score (nSPS) is 12.6. The van der Waals surface area contributed by atoms with Crippen molar-refractivity contribution < 1.29 is 4.74 Å². The number of hydrogen-bond donors (Lipinski definition) is 1. The molecule has 0 saturated carbocycles. The van der Waals surface area contributed by atoms with Gasteiger partial charge in [-0.05, 0) is 37.2 Å². The highest BCUT2D eigenvalue weighted by Crippen LogP contribution is 2.21. The minimum Gasteiger partial charge on any atom is -0.380 e. The van der Waals surface area contributed by atoms with Crippen LogP contribution in [0.4, 0.5) is 0 Å². The lowest BCUT2D eigenvalue weighted by atomic mass is 10.3. The molecule has 0 fully saturated rings. The van der Waals surface area contributed by atoms with E-state index in [4.69, 9.17) is 16.3 Å². The fourth-order valence-electron chi connectivity index (χ4n) is 1.55. The van der Waals surface area contributed by atoms with Gasteiger partial charge in [-0.3, -0.25) is 0 Å². The van der Waals surface area contributed by atoms with E-state index in [1.54, 1.807) is 0 Å². The molecule has 102 valence electrons. The van der Waals surface area contributed by atoms with Crippen molar-refractivity contribution in [3.63, 3.8) is 0 Å². The van der Waals surface area contributed by atoms with E-state index in [9.17, 15) is 0 Å². The number of rotatable bonds is 9. The van der Waals surface area contributed by atoms with Crippen LogP contribution in [0.3, 0.4) is 0 Å². The van der Waals surface area contributed by atoms with Gasteiger partial charge in [0.15, 0.2) is 0 Å². The molecule has 1 rings (SSSR count). The van der Waals surface area contributed by atoms with E-state index in [-0.39, 0.29) is 0 Å². The van der Waals surface area contributed by atoms with Crippen LogP contribution in [-0.2, 0) is 4.74 Å². The maximum Gasteiger partial charge on any atom is 0.0627 e. The van der Waals surface area contributed by atoms with Crippen LogP contribution in [0.2, 0.25) is 5.02 Å². The average Bonchev–Trinajstić information content (AvgIpc) is 2.38. The van der Waals surface area contributed by atoms with Gasteiger partial charge >= 0.3 is 0 Å². The van der Waals surface area contributed by atoms with Crippen molar-refractivity contribution in [2.75, 3.05) is 25.5 Å². The molecule has 1 N–H and O–H groups in total. The molecule has 0 aliphatic carbocycles. The summed E-state index contributed by atoms with van der Waals surface area (Å²) in [5, 5.41) is 4.24. The summed E-state index contributed by atoms with van der Waals surface area (Å²) in [6.07, 6.45) is 1.07. The number of likely N-dealkylation sites (N-methyl/N-ethyl adjacent to an activating group) is 1. The van der Waals surface area contributed by atoms with Crippen LogP contribution in [0.1, 0.15) is 20.3 Å². The molecule has 0 aromatic heterocycles. The van der Waals surface area contributed by atoms with E-state index in [1.807, 2.05) is 23.9 Å². The first kappa shape index (κ1) is 15.8. The first-order valence-electron chi connectivity index (χ1n) is 6.45. The van der Waals surface area contributed by atoms with E-state index in [0.29, 0.717) is 6.04 Å². The molecule has 0 radical (unpaired) electrons. The summed E-state index contributed by atoms with van der Waals surface area (Å²) in [5.41, 5.74) is 0. The molecular weight excluding hydrogens is 266 g/mol. The molecule has 0 bridgehead atoms. The van der Waals surface area contributed by atoms with Crippen molar-refractivity contribution in [2.24, 2.45) is 0 Å². The van der Waals surface area contributed by atoms with Gasteiger partial charge in [0.25, 0.3) is 0 Å². The van der Waals surface area contributed by atoms with Gasteiger partial charge in [0.1, 0.15) is 0 Å². The van der Waals surface area contributed by atoms with Crippen LogP contribution in [0, 0.1) is 0 Å². The van der Waals surface area contributed by atoms with E-state index in [0.717, 1.165) is 37.0 Å². The number of ether oxygens (including phenoxy) is 1. The van der Waals surface area contributed by atoms with Crippen molar-refractivity contribution in [1.82, 2.24) is 5.32 Å². The number of hydrogen-bond acceptors (Lipinski definition) is 3. The van der Waals surface area contributed by atoms with Crippen LogP contribution in [-0.4, -0.2) is 31.6 Å². The molecule has 0 saturated heterocycles. The first-order chi connectivity index (χ1) is 8.76. The van der Waals surface area contributed by atoms with Gasteiger partial charge < -0.3 is 10.1 Å². The Morgan fingerprint density at radius 1 is 1.28 bits per heavy atom. The average molecular weight is 288 g/mol. The second kappa shape index (κ2) is 9.68. The second-order valence-corrected chi connectivity index (χ2v) is 5.62. The van der Waals surface area contributed by atoms with Gasteiger partial charge in [0, 0.05) is 28.3 Å². The van der Waals surface area contributed by atoms with E-state index >= 15 is 0 Å². The lowest BCUT2D eigenvalue weighted by molar-refractivity contribution is 0.117. The summed E-state index contributed by atoms with van der Waals surface area (Å²) < 4.78 is 5.61. The number of halogens is 1. The molecule has 0 amide bonds. The fourth-order valence-corrected chi connectivity index (χ4v) is 2.61. The second-order valence-electron chi connectivity index (χ2n) is 4.09. The highest BCUT2D eigenvalue weighted by atomic mass is 35.5. The summed E-state index contributed by atoms with van der Waals surface area (Å²) in [4.78, 5) is 1.25. The van der Waals surface area contributed by atoms with Gasteiger partial charge in [-0.25, -0.2) is 0 Å². The zero-order valence-corrected chi connectivity index (χ0v) is 12.7. The van der Waals surface area contributed by atoms with Crippen LogP contribution in [0.5, 0.6) is 0 Å². The number of thioether (sulfide) groups is 1. The van der Waals surface area contributed by atoms with Gasteiger partial charge in [0.2, 0.25) is 0 Å². The van der Waals surface area contributed by atoms with Crippen LogP contribution < -0.4 is 5.32 Å². The third-order valence-electron chi connectivity index (χ3n) is 2.43. The SMILES string of the molecule is CCCOCC(CSc1ccc(Cl)cc1)NCC. The Bertz CT molecular complexity index is 318. The molecule has 0 aliphatic heterocycles. The topological polar surface area (TPSA) is 21.3 Å². The third-order valence-corrected chi connectivity index (χ3v) is 3.85. The molecule has 1 aromatic rings. The van der Waals surface area contributed by atoms with Crippen LogP contribution in [0.25, 0.3) is 0 Å². The van der Waals surface area contributed by atoms with E-state index < -0.39 is 0 Å². The highest BCUT2D eigenvalue weighted by molar-refractivity contribution is 7.99. The molecular formula is C14H22ClNOS. The summed E-state index contributed by atoms with van der Waals surface area (Å²) in [6.45, 7) is 6.85. The first-order valence-corrected chi connectivity index (χ1v) is 7.82. The van der Waals surface area contributed by atoms with Crippen LogP contribution >= 0.6 is 23.4 Å². The quantitative estimate of drug-likeness (QED) is 0.551. The summed E-state index contributed by atoms with van der Waals surface area (Å²) in [5.74, 6) is 1.01. The van der Waals surface area contributed by atoms with E-state index in [1.165, 1.54) is 4.90 Å². The summed E-state index contributed by atoms with van der Waals surface area (Å²) in [6, 6.07) is 8.38. The van der Waals surface area contributed by atoms with Crippen molar-refractivity contribution in [1.29, 1.82) is 0 Å². The molecule has 1 aromatic carbocycles. The van der Waals surface area contributed by atoms with Gasteiger partial charge in [-0.15, -0.1) is 11.8 Å². The predicted molar refractivity (Wildman–Crippen MR) is 80.8 cm³/mol. The van der Waals surface area contributed by atoms with Crippen molar-refractivity contribution in [3.8, 4) is 0 Å². The number of nitrogens with one attached hydrogen (secondary N) is 1. The highest BCUT2D eigenvalue weighted by Gasteiger charge is 2.08. The monoisotopic (exact) mass is 287 g/mol. The third kappa shape index (κ3) is 6.64. The predicted octanol–water partition coefficient (Wildman–Crippen LogP) is 3.84. The van der Waals surface area contributed by atoms with Crippen LogP contribution in [0.15, 0.2) is 29.2 Å². The van der Waals surface area contributed by atoms with E-state index in [2.05, 4.69) is 31.3 Å². The maximum atomic E-state index is 5.87. The van der Waals surface area contributed by atoms with Gasteiger partial charge in [0.05, 0.1) is 6.61 Å². The Kier molecular flexibility index (Phi) is 8.51. The smallest absolute Gasteiger partial charge is 0.0627 e. The molecule has 1 unspecified atom stereocenters. The Labute approximate surface area is 119 Å². The lowest BCUT2D eigenvalue weighted by Gasteiger charge is -2.17. The Morgan fingerprint density at radius 2 is 2.00 bits per heavy atom. The molecule has 0 spiro atoms. The molecule has 0 heterocycles. The summed E-state index contributed by atoms with van der Waals surface area (Å²) >= 11 is 7.70. The Balaban J connectivity index is 2.33. The summed E-state index contributed by atoms with van der Waals surface area (Å²) in [7, 11) is 0. The van der Waals surface area contributed by atoms with Crippen molar-refractivity contribution in [2.45, 2.75) is 31.2 Å². The Hall–Kier alpha value is -0.220.